The lowest BCUT2D eigenvalue weighted by atomic mass is 10.0. The van der Waals surface area contributed by atoms with Crippen LogP contribution in [-0.4, -0.2) is 142 Å². The van der Waals surface area contributed by atoms with Crippen molar-refractivity contribution in [3.63, 3.8) is 0 Å². The Hall–Kier alpha value is -11.9. The summed E-state index contributed by atoms with van der Waals surface area (Å²) in [5.74, 6) is -0.460. The Balaban J connectivity index is 0.000000136. The molecule has 0 saturated carbocycles. The minimum absolute atomic E-state index is 0.00218. The number of halogens is 5. The molecule has 8 atom stereocenters. The first kappa shape index (κ1) is 79.2. The molecule has 15 rings (SSSR count). The lowest BCUT2D eigenvalue weighted by molar-refractivity contribution is 0.0117. The third-order valence-electron chi connectivity index (χ3n) is 15.9. The summed E-state index contributed by atoms with van der Waals surface area (Å²) in [7, 11) is 0. The van der Waals surface area contributed by atoms with Gasteiger partial charge in [0.2, 0.25) is 23.3 Å². The van der Waals surface area contributed by atoms with Crippen molar-refractivity contribution in [1.29, 1.82) is 0 Å². The Morgan fingerprint density at radius 1 is 0.318 bits per heavy atom. The first-order chi connectivity index (χ1) is 53.2. The van der Waals surface area contributed by atoms with Gasteiger partial charge in [0.1, 0.15) is 60.2 Å². The molecule has 15 aromatic rings. The summed E-state index contributed by atoms with van der Waals surface area (Å²) < 4.78 is 28.6. The Morgan fingerprint density at radius 3 is 1.10 bits per heavy atom. The summed E-state index contributed by atoms with van der Waals surface area (Å²) in [6, 6.07) is 75.8. The van der Waals surface area contributed by atoms with Crippen molar-refractivity contribution in [3.05, 3.63) is 354 Å². The molecule has 28 nitrogen and oxygen atoms in total. The van der Waals surface area contributed by atoms with Crippen LogP contribution in [0.15, 0.2) is 261 Å². The van der Waals surface area contributed by atoms with Gasteiger partial charge in [0, 0.05) is 13.6 Å². The molecular weight excluding hydrogens is 1570 g/mol. The van der Waals surface area contributed by atoms with E-state index in [1.54, 1.807) is 146 Å². The molecule has 0 saturated heterocycles. The van der Waals surface area contributed by atoms with Crippen LogP contribution in [0.3, 0.4) is 0 Å². The molecule has 8 N–H and O–H groups in total. The Morgan fingerprint density at radius 2 is 0.664 bits per heavy atom. The molecule has 5 heterocycles. The number of rotatable bonds is 19. The average Bonchev–Trinajstić information content (AvgIpc) is 1.66. The molecule has 10 aromatic carbocycles. The largest absolute Gasteiger partial charge is 0.385 e. The van der Waals surface area contributed by atoms with E-state index in [9.17, 15) is 49.6 Å². The second kappa shape index (κ2) is 38.3. The second-order valence-corrected chi connectivity index (χ2v) is 26.1. The zero-order valence-corrected chi connectivity index (χ0v) is 61.7. The predicted molar refractivity (Wildman–Crippen MR) is 409 cm³/mol. The Labute approximate surface area is 649 Å². The van der Waals surface area contributed by atoms with E-state index >= 15 is 0 Å². The van der Waals surface area contributed by atoms with Crippen molar-refractivity contribution in [2.75, 3.05) is 0 Å². The molecule has 0 aliphatic heterocycles. The predicted octanol–water partition coefficient (Wildman–Crippen LogP) is 11.4. The highest BCUT2D eigenvalue weighted by molar-refractivity contribution is 14.1. The van der Waals surface area contributed by atoms with Gasteiger partial charge in [0.05, 0.1) is 17.1 Å². The van der Waals surface area contributed by atoms with E-state index in [-0.39, 0.29) is 34.8 Å². The van der Waals surface area contributed by atoms with Gasteiger partial charge in [0.15, 0.2) is 17.5 Å². The second-order valence-electron chi connectivity index (χ2n) is 24.0. The van der Waals surface area contributed by atoms with Gasteiger partial charge in [-0.3, -0.25) is 0 Å². The molecule has 0 spiro atoms. The fourth-order valence-corrected chi connectivity index (χ4v) is 11.1. The zero-order chi connectivity index (χ0) is 77.6. The van der Waals surface area contributed by atoms with Crippen LogP contribution in [-0.2, 0) is 0 Å². The van der Waals surface area contributed by atoms with Crippen molar-refractivity contribution < 1.29 is 49.6 Å². The van der Waals surface area contributed by atoms with E-state index in [2.05, 4.69) is 99.6 Å². The molecule has 0 aliphatic rings. The zero-order valence-electron chi connectivity index (χ0n) is 58.0. The highest BCUT2D eigenvalue weighted by Gasteiger charge is 2.29. The molecule has 110 heavy (non-hydrogen) atoms. The first-order valence-corrected chi connectivity index (χ1v) is 35.2. The van der Waals surface area contributed by atoms with Crippen LogP contribution in [0, 0.1) is 29.1 Å². The Kier molecular flexibility index (Phi) is 27.6. The third kappa shape index (κ3) is 21.3. The molecule has 8 unspecified atom stereocenters. The fraction of sp³-hybridized carbons (Fsp3) is 0.130. The number of tetrazole rings is 5. The van der Waals surface area contributed by atoms with E-state index in [4.69, 9.17) is 23.2 Å². The van der Waals surface area contributed by atoms with Crippen LogP contribution in [0.2, 0.25) is 10.0 Å². The van der Waals surface area contributed by atoms with E-state index in [1.807, 2.05) is 117 Å². The van der Waals surface area contributed by atoms with Gasteiger partial charge >= 0.3 is 0 Å². The van der Waals surface area contributed by atoms with Crippen molar-refractivity contribution >= 4 is 57.9 Å². The molecule has 0 bridgehead atoms. The minimum atomic E-state index is -1.40. The molecule has 558 valence electrons. The van der Waals surface area contributed by atoms with E-state index in [0.717, 1.165) is 36.4 Å². The maximum Gasteiger partial charge on any atom is 0.206 e. The van der Waals surface area contributed by atoms with Crippen LogP contribution in [0.1, 0.15) is 117 Å². The smallest absolute Gasteiger partial charge is 0.206 e. The lowest BCUT2D eigenvalue weighted by Crippen LogP contribution is -2.12. The van der Waals surface area contributed by atoms with Crippen molar-refractivity contribution in [3.8, 4) is 28.4 Å². The highest BCUT2D eigenvalue weighted by Crippen LogP contribution is 2.31. The van der Waals surface area contributed by atoms with Gasteiger partial charge < -0.3 is 40.9 Å². The lowest BCUT2D eigenvalue weighted by Gasteiger charge is -2.14. The molecule has 0 aliphatic carbocycles. The molecule has 5 aromatic heterocycles. The summed E-state index contributed by atoms with van der Waals surface area (Å²) in [4.78, 5) is 6.04. The van der Waals surface area contributed by atoms with Gasteiger partial charge in [-0.2, -0.15) is 0 Å². The molecule has 0 fully saturated rings. The van der Waals surface area contributed by atoms with Crippen LogP contribution in [0.4, 0.5) is 8.78 Å². The Bertz CT molecular complexity index is 5120. The van der Waals surface area contributed by atoms with E-state index in [0.29, 0.717) is 49.5 Å². The number of aryl methyl sites for hydroxylation is 2. The average molecular weight is 1640 g/mol. The standard InChI is InChI=1S/C16H13FN4.C16H16N4O2.C15H12ClFN4O2.C15H13ClN4O2.C15H13IN4O2/c1-12-7-9-14(17)15(11-12)21-19-16(18-20-21)10-8-13-5-3-2-4-6-13;1-11-6-5-9-13(10-11)20-18-16(17-19-20)15(22)14(21)12-7-3-2-4-8-12;16-10-6-7-11(17)12(8-10)21-19-15(18-20-21)14(23)13(22)9-4-2-1-3-5-9;2*16-11-7-4-8-12(9-11)20-18-15(17-19-20)14(22)13(21)10-5-2-1-3-6-10/h2-11H,1H3;2-10,14-15,21-22H,1H3;1-8,13-14,22-23H;2*1-9,13-14,21-22H. The van der Waals surface area contributed by atoms with Crippen molar-refractivity contribution in [2.45, 2.75) is 62.7 Å². The number of aliphatic hydroxyl groups excluding tert-OH is 8. The normalized spacial score (nSPS) is 13.3. The summed E-state index contributed by atoms with van der Waals surface area (Å²) >= 11 is 13.9. The maximum absolute atomic E-state index is 13.8. The molecule has 0 amide bonds. The van der Waals surface area contributed by atoms with Crippen LogP contribution in [0.5, 0.6) is 0 Å². The van der Waals surface area contributed by atoms with Gasteiger partial charge in [0.25, 0.3) is 0 Å². The number of hydrogen-bond donors (Lipinski definition) is 8. The summed E-state index contributed by atoms with van der Waals surface area (Å²) in [6.07, 6.45) is -6.06. The van der Waals surface area contributed by atoms with Crippen molar-refractivity contribution in [2.24, 2.45) is 0 Å². The topological polar surface area (TPSA) is 380 Å². The summed E-state index contributed by atoms with van der Waals surface area (Å²) in [6.45, 7) is 3.85. The van der Waals surface area contributed by atoms with Crippen LogP contribution >= 0.6 is 45.8 Å². The number of hydrogen-bond acceptors (Lipinski definition) is 23. The maximum atomic E-state index is 13.8. The molecular formula is C77H67Cl2F2IN20O8. The fourth-order valence-electron chi connectivity index (χ4n) is 10.2. The third-order valence-corrected chi connectivity index (χ3v) is 17.1. The van der Waals surface area contributed by atoms with Crippen LogP contribution in [0.25, 0.3) is 40.6 Å². The summed E-state index contributed by atoms with van der Waals surface area (Å²) in [5.41, 5.74) is 7.73. The van der Waals surface area contributed by atoms with Crippen LogP contribution < -0.4 is 0 Å². The van der Waals surface area contributed by atoms with E-state index < -0.39 is 54.6 Å². The number of benzene rings is 10. The first-order valence-electron chi connectivity index (χ1n) is 33.4. The monoisotopic (exact) mass is 1630 g/mol. The molecule has 33 heteroatoms. The minimum Gasteiger partial charge on any atom is -0.385 e. The number of aromatic nitrogens is 20. The number of aliphatic hydroxyl groups is 8. The highest BCUT2D eigenvalue weighted by atomic mass is 127. The van der Waals surface area contributed by atoms with Crippen molar-refractivity contribution in [1.82, 2.24) is 101 Å². The van der Waals surface area contributed by atoms with Gasteiger partial charge in [-0.15, -0.1) is 75.0 Å². The van der Waals surface area contributed by atoms with Gasteiger partial charge in [-0.1, -0.05) is 211 Å². The molecule has 0 radical (unpaired) electrons. The summed E-state index contributed by atoms with van der Waals surface area (Å²) in [5, 5.41) is 141. The van der Waals surface area contributed by atoms with Gasteiger partial charge in [-0.25, -0.2) is 8.78 Å². The number of nitrogens with zero attached hydrogens (tertiary/aromatic N) is 20. The SMILES string of the molecule is Cc1ccc(F)c(-n2nnc(C=Cc3ccccc3)n2)c1.Cc1cccc(-n2nnc(C(O)C(O)c3ccccc3)n2)c1.OC(c1ccccc1)C(O)c1nnn(-c2cc(Cl)ccc2F)n1.OC(c1ccccc1)C(O)c1nnn(-c2cccc(Cl)c2)n1.OC(c1ccccc1)C(O)c1nnn(-c2cccc(I)c2)n1. The van der Waals surface area contributed by atoms with E-state index in [1.165, 1.54) is 43.5 Å². The quantitative estimate of drug-likeness (QED) is 0.0349. The van der Waals surface area contributed by atoms with Gasteiger partial charge in [-0.05, 0) is 186 Å².